The van der Waals surface area contributed by atoms with Crippen LogP contribution in [0.1, 0.15) is 44.6 Å². The molecular formula is C18H25NO2. The van der Waals surface area contributed by atoms with Crippen molar-refractivity contribution in [1.29, 1.82) is 0 Å². The molecule has 1 aromatic rings. The quantitative estimate of drug-likeness (QED) is 0.927. The number of nitrogens with zero attached hydrogens (tertiary/aromatic N) is 1. The van der Waals surface area contributed by atoms with Crippen LogP contribution in [0, 0.1) is 5.92 Å². The van der Waals surface area contributed by atoms with Crippen LogP contribution < -0.4 is 0 Å². The van der Waals surface area contributed by atoms with Gasteiger partial charge in [-0.25, -0.2) is 0 Å². The van der Waals surface area contributed by atoms with Crippen LogP contribution in [0.25, 0.3) is 0 Å². The molecule has 1 saturated carbocycles. The van der Waals surface area contributed by atoms with E-state index < -0.39 is 11.4 Å². The summed E-state index contributed by atoms with van der Waals surface area (Å²) in [6.07, 6.45) is 5.40. The number of rotatable bonds is 3. The highest BCUT2D eigenvalue weighted by molar-refractivity contribution is 5.81. The molecular weight excluding hydrogens is 262 g/mol. The lowest BCUT2D eigenvalue weighted by Crippen LogP contribution is -2.50. The molecule has 1 saturated heterocycles. The van der Waals surface area contributed by atoms with E-state index in [0.29, 0.717) is 6.04 Å². The Labute approximate surface area is 127 Å². The topological polar surface area (TPSA) is 40.5 Å². The molecule has 1 aromatic carbocycles. The molecule has 3 rings (SSSR count). The van der Waals surface area contributed by atoms with E-state index in [9.17, 15) is 9.90 Å². The second-order valence-electron chi connectivity index (χ2n) is 6.76. The van der Waals surface area contributed by atoms with Crippen molar-refractivity contribution in [3.63, 3.8) is 0 Å². The second kappa shape index (κ2) is 5.80. The SMILES string of the molecule is CC1CCCC1N1CCC(C(=O)O)(c2ccccc2)CC1. The Bertz CT molecular complexity index is 491. The van der Waals surface area contributed by atoms with Crippen LogP contribution in [0.15, 0.2) is 30.3 Å². The van der Waals surface area contributed by atoms with Gasteiger partial charge in [-0.2, -0.15) is 0 Å². The van der Waals surface area contributed by atoms with Gasteiger partial charge in [-0.3, -0.25) is 4.79 Å². The smallest absolute Gasteiger partial charge is 0.314 e. The average Bonchev–Trinajstić information content (AvgIpc) is 2.94. The molecule has 3 nitrogen and oxygen atoms in total. The number of likely N-dealkylation sites (tertiary alicyclic amines) is 1. The van der Waals surface area contributed by atoms with Crippen molar-refractivity contribution < 1.29 is 9.90 Å². The molecule has 2 unspecified atom stereocenters. The van der Waals surface area contributed by atoms with E-state index >= 15 is 0 Å². The van der Waals surface area contributed by atoms with Gasteiger partial charge in [-0.15, -0.1) is 0 Å². The number of piperidine rings is 1. The van der Waals surface area contributed by atoms with Gasteiger partial charge in [0.25, 0.3) is 0 Å². The maximum absolute atomic E-state index is 12.0. The number of benzene rings is 1. The van der Waals surface area contributed by atoms with Gasteiger partial charge in [0.15, 0.2) is 0 Å². The molecule has 2 aliphatic rings. The standard InChI is InChI=1S/C18H25NO2/c1-14-6-5-9-16(14)19-12-10-18(11-13-19,17(20)21)15-7-3-2-4-8-15/h2-4,7-8,14,16H,5-6,9-13H2,1H3,(H,20,21). The summed E-state index contributed by atoms with van der Waals surface area (Å²) in [5.41, 5.74) is 0.288. The minimum atomic E-state index is -0.681. The zero-order valence-corrected chi connectivity index (χ0v) is 12.8. The van der Waals surface area contributed by atoms with Crippen LogP contribution in [0.2, 0.25) is 0 Å². The van der Waals surface area contributed by atoms with Gasteiger partial charge in [0, 0.05) is 6.04 Å². The maximum Gasteiger partial charge on any atom is 0.314 e. The molecule has 1 heterocycles. The summed E-state index contributed by atoms with van der Waals surface area (Å²) >= 11 is 0. The number of carboxylic acids is 1. The lowest BCUT2D eigenvalue weighted by atomic mass is 9.72. The summed E-state index contributed by atoms with van der Waals surface area (Å²) in [4.78, 5) is 14.5. The Morgan fingerprint density at radius 3 is 2.38 bits per heavy atom. The molecule has 2 atom stereocenters. The highest BCUT2D eigenvalue weighted by Crippen LogP contribution is 2.39. The van der Waals surface area contributed by atoms with E-state index in [0.717, 1.165) is 37.4 Å². The molecule has 114 valence electrons. The van der Waals surface area contributed by atoms with E-state index in [-0.39, 0.29) is 0 Å². The minimum absolute atomic E-state index is 0.659. The van der Waals surface area contributed by atoms with Crippen molar-refractivity contribution >= 4 is 5.97 Å². The van der Waals surface area contributed by atoms with Crippen molar-refractivity contribution in [2.75, 3.05) is 13.1 Å². The number of carbonyl (C=O) groups is 1. The normalized spacial score (nSPS) is 29.4. The molecule has 3 heteroatoms. The molecule has 1 aliphatic heterocycles. The Morgan fingerprint density at radius 2 is 1.86 bits per heavy atom. The first-order valence-electron chi connectivity index (χ1n) is 8.16. The molecule has 21 heavy (non-hydrogen) atoms. The minimum Gasteiger partial charge on any atom is -0.481 e. The van der Waals surface area contributed by atoms with E-state index in [1.54, 1.807) is 0 Å². The molecule has 0 amide bonds. The largest absolute Gasteiger partial charge is 0.481 e. The van der Waals surface area contributed by atoms with Crippen LogP contribution in [-0.4, -0.2) is 35.1 Å². The lowest BCUT2D eigenvalue weighted by molar-refractivity contribution is -0.146. The van der Waals surface area contributed by atoms with Gasteiger partial charge in [0.2, 0.25) is 0 Å². The van der Waals surface area contributed by atoms with E-state index in [1.165, 1.54) is 19.3 Å². The Morgan fingerprint density at radius 1 is 1.19 bits per heavy atom. The third-order valence-electron chi connectivity index (χ3n) is 5.67. The monoisotopic (exact) mass is 287 g/mol. The fourth-order valence-electron chi connectivity index (χ4n) is 4.29. The Hall–Kier alpha value is -1.35. The maximum atomic E-state index is 12.0. The van der Waals surface area contributed by atoms with Gasteiger partial charge in [0.1, 0.15) is 0 Å². The predicted molar refractivity (Wildman–Crippen MR) is 83.4 cm³/mol. The van der Waals surface area contributed by atoms with E-state index in [1.807, 2.05) is 30.3 Å². The van der Waals surface area contributed by atoms with E-state index in [4.69, 9.17) is 0 Å². The summed E-state index contributed by atoms with van der Waals surface area (Å²) in [7, 11) is 0. The zero-order chi connectivity index (χ0) is 14.9. The van der Waals surface area contributed by atoms with Crippen molar-refractivity contribution in [2.24, 2.45) is 5.92 Å². The average molecular weight is 287 g/mol. The first kappa shape index (κ1) is 14.6. The number of carboxylic acid groups (broad SMARTS) is 1. The fourth-order valence-corrected chi connectivity index (χ4v) is 4.29. The van der Waals surface area contributed by atoms with Crippen molar-refractivity contribution in [1.82, 2.24) is 4.90 Å². The van der Waals surface area contributed by atoms with Crippen LogP contribution in [0.4, 0.5) is 0 Å². The lowest BCUT2D eigenvalue weighted by Gasteiger charge is -2.42. The van der Waals surface area contributed by atoms with Gasteiger partial charge >= 0.3 is 5.97 Å². The van der Waals surface area contributed by atoms with E-state index in [2.05, 4.69) is 11.8 Å². The van der Waals surface area contributed by atoms with Gasteiger partial charge in [-0.1, -0.05) is 43.7 Å². The second-order valence-corrected chi connectivity index (χ2v) is 6.76. The highest BCUT2D eigenvalue weighted by atomic mass is 16.4. The Balaban J connectivity index is 1.76. The summed E-state index contributed by atoms with van der Waals surface area (Å²) < 4.78 is 0. The molecule has 0 aromatic heterocycles. The fraction of sp³-hybridized carbons (Fsp3) is 0.611. The van der Waals surface area contributed by atoms with Crippen LogP contribution in [0.5, 0.6) is 0 Å². The van der Waals surface area contributed by atoms with Gasteiger partial charge in [-0.05, 0) is 50.3 Å². The van der Waals surface area contributed by atoms with Crippen LogP contribution in [0.3, 0.4) is 0 Å². The molecule has 2 fully saturated rings. The van der Waals surface area contributed by atoms with Crippen molar-refractivity contribution in [2.45, 2.75) is 50.5 Å². The molecule has 1 aliphatic carbocycles. The van der Waals surface area contributed by atoms with Crippen molar-refractivity contribution in [3.8, 4) is 0 Å². The first-order valence-corrected chi connectivity index (χ1v) is 8.16. The number of hydrogen-bond donors (Lipinski definition) is 1. The predicted octanol–water partition coefficient (Wildman–Crippen LogP) is 3.29. The van der Waals surface area contributed by atoms with Crippen LogP contribution in [-0.2, 0) is 10.2 Å². The van der Waals surface area contributed by atoms with Crippen molar-refractivity contribution in [3.05, 3.63) is 35.9 Å². The number of hydrogen-bond acceptors (Lipinski definition) is 2. The first-order chi connectivity index (χ1) is 10.1. The molecule has 0 spiro atoms. The molecule has 0 bridgehead atoms. The zero-order valence-electron chi connectivity index (χ0n) is 12.8. The summed E-state index contributed by atoms with van der Waals surface area (Å²) in [5, 5.41) is 9.83. The van der Waals surface area contributed by atoms with Crippen LogP contribution >= 0.6 is 0 Å². The Kier molecular flexibility index (Phi) is 4.03. The van der Waals surface area contributed by atoms with Gasteiger partial charge < -0.3 is 10.0 Å². The summed E-state index contributed by atoms with van der Waals surface area (Å²) in [6, 6.07) is 10.5. The number of aliphatic carboxylic acids is 1. The summed E-state index contributed by atoms with van der Waals surface area (Å²) in [5.74, 6) is 0.104. The third kappa shape index (κ3) is 2.59. The third-order valence-corrected chi connectivity index (χ3v) is 5.67. The van der Waals surface area contributed by atoms with Gasteiger partial charge in [0.05, 0.1) is 5.41 Å². The summed E-state index contributed by atoms with van der Waals surface area (Å²) in [6.45, 7) is 4.17. The highest BCUT2D eigenvalue weighted by Gasteiger charge is 2.44. The molecule has 1 N–H and O–H groups in total. The molecule has 0 radical (unpaired) electrons.